The highest BCUT2D eigenvalue weighted by atomic mass is 127. The maximum absolute atomic E-state index is 12.6. The lowest BCUT2D eigenvalue weighted by atomic mass is 10.1. The Balaban J connectivity index is 0.00000289. The van der Waals surface area contributed by atoms with E-state index in [1.165, 1.54) is 12.1 Å². The highest BCUT2D eigenvalue weighted by Gasteiger charge is 2.19. The van der Waals surface area contributed by atoms with Crippen molar-refractivity contribution in [3.8, 4) is 0 Å². The molecule has 0 bridgehead atoms. The number of nitrogens with zero attached hydrogens (tertiary/aromatic N) is 4. The van der Waals surface area contributed by atoms with Crippen LogP contribution in [0.3, 0.4) is 0 Å². The Morgan fingerprint density at radius 1 is 0.844 bits per heavy atom. The van der Waals surface area contributed by atoms with Crippen molar-refractivity contribution in [1.82, 2.24) is 9.80 Å². The molecule has 0 aliphatic carbocycles. The second-order valence-electron chi connectivity index (χ2n) is 8.17. The molecule has 32 heavy (non-hydrogen) atoms. The van der Waals surface area contributed by atoms with Crippen molar-refractivity contribution in [2.24, 2.45) is 10.7 Å². The first-order valence-electron chi connectivity index (χ1n) is 11.0. The van der Waals surface area contributed by atoms with E-state index >= 15 is 0 Å². The number of likely N-dealkylation sites (tertiary alicyclic amines) is 1. The van der Waals surface area contributed by atoms with Crippen LogP contribution >= 0.6 is 35.6 Å². The van der Waals surface area contributed by atoms with Gasteiger partial charge in [0, 0.05) is 55.5 Å². The third kappa shape index (κ3) is 6.28. The van der Waals surface area contributed by atoms with Gasteiger partial charge in [-0.2, -0.15) is 0 Å². The molecule has 0 aromatic heterocycles. The van der Waals surface area contributed by atoms with Crippen molar-refractivity contribution in [2.75, 3.05) is 44.2 Å². The smallest absolute Gasteiger partial charge is 0.253 e. The Morgan fingerprint density at radius 2 is 1.47 bits per heavy atom. The Labute approximate surface area is 212 Å². The van der Waals surface area contributed by atoms with Crippen molar-refractivity contribution < 1.29 is 4.79 Å². The van der Waals surface area contributed by atoms with E-state index in [1.807, 2.05) is 41.3 Å². The molecule has 2 aromatic rings. The summed E-state index contributed by atoms with van der Waals surface area (Å²) in [4.78, 5) is 23.6. The molecule has 1 amide bonds. The predicted molar refractivity (Wildman–Crippen MR) is 142 cm³/mol. The van der Waals surface area contributed by atoms with Gasteiger partial charge in [-0.3, -0.25) is 4.79 Å². The standard InChI is InChI=1S/C24H30ClN5O.HI/c25-21-8-10-22(11-9-21)28-14-16-30(17-15-28)24(26)27-18-19-4-6-20(7-5-19)23(31)29-12-2-1-3-13-29;/h4-11H,1-3,12-18H2,(H2,26,27);1H. The fourth-order valence-electron chi connectivity index (χ4n) is 4.15. The topological polar surface area (TPSA) is 65.2 Å². The number of hydrogen-bond donors (Lipinski definition) is 1. The lowest BCUT2D eigenvalue weighted by molar-refractivity contribution is 0.0724. The van der Waals surface area contributed by atoms with Crippen molar-refractivity contribution in [2.45, 2.75) is 25.8 Å². The zero-order chi connectivity index (χ0) is 21.6. The first-order chi connectivity index (χ1) is 15.1. The van der Waals surface area contributed by atoms with Crippen LogP contribution in [0.4, 0.5) is 5.69 Å². The van der Waals surface area contributed by atoms with Gasteiger partial charge in [0.1, 0.15) is 0 Å². The molecule has 172 valence electrons. The van der Waals surface area contributed by atoms with E-state index in [0.717, 1.165) is 68.3 Å². The van der Waals surface area contributed by atoms with Gasteiger partial charge in [0.05, 0.1) is 6.54 Å². The molecule has 0 unspecified atom stereocenters. The molecule has 2 fully saturated rings. The van der Waals surface area contributed by atoms with Gasteiger partial charge >= 0.3 is 0 Å². The third-order valence-corrected chi connectivity index (χ3v) is 6.32. The number of amides is 1. The first-order valence-corrected chi connectivity index (χ1v) is 11.4. The van der Waals surface area contributed by atoms with Gasteiger partial charge in [0.25, 0.3) is 5.91 Å². The highest BCUT2D eigenvalue weighted by molar-refractivity contribution is 14.0. The van der Waals surface area contributed by atoms with Gasteiger partial charge in [-0.25, -0.2) is 4.99 Å². The van der Waals surface area contributed by atoms with Gasteiger partial charge in [-0.05, 0) is 61.2 Å². The van der Waals surface area contributed by atoms with Crippen LogP contribution in [0.25, 0.3) is 0 Å². The van der Waals surface area contributed by atoms with Crippen molar-refractivity contribution in [3.63, 3.8) is 0 Å². The van der Waals surface area contributed by atoms with Crippen LogP contribution in [0.2, 0.25) is 5.02 Å². The van der Waals surface area contributed by atoms with E-state index in [-0.39, 0.29) is 29.9 Å². The van der Waals surface area contributed by atoms with E-state index in [2.05, 4.69) is 26.9 Å². The molecule has 0 spiro atoms. The summed E-state index contributed by atoms with van der Waals surface area (Å²) in [7, 11) is 0. The van der Waals surface area contributed by atoms with Gasteiger partial charge in [0.15, 0.2) is 5.96 Å². The summed E-state index contributed by atoms with van der Waals surface area (Å²) in [6, 6.07) is 15.7. The molecule has 2 aromatic carbocycles. The Hall–Kier alpha value is -2.00. The molecule has 4 rings (SSSR count). The van der Waals surface area contributed by atoms with Gasteiger partial charge in [-0.1, -0.05) is 23.7 Å². The van der Waals surface area contributed by atoms with Crippen LogP contribution in [-0.2, 0) is 6.54 Å². The zero-order valence-electron chi connectivity index (χ0n) is 18.3. The Morgan fingerprint density at radius 3 is 2.09 bits per heavy atom. The highest BCUT2D eigenvalue weighted by Crippen LogP contribution is 2.19. The summed E-state index contributed by atoms with van der Waals surface area (Å²) in [6.07, 6.45) is 3.43. The molecule has 0 radical (unpaired) electrons. The van der Waals surface area contributed by atoms with Crippen molar-refractivity contribution >= 4 is 53.1 Å². The molecule has 6 nitrogen and oxygen atoms in total. The van der Waals surface area contributed by atoms with E-state index in [0.29, 0.717) is 12.5 Å². The number of benzene rings is 2. The SMILES string of the molecule is I.NC(=NCc1ccc(C(=O)N2CCCCC2)cc1)N1CCN(c2ccc(Cl)cc2)CC1. The lowest BCUT2D eigenvalue weighted by Gasteiger charge is -2.36. The van der Waals surface area contributed by atoms with Crippen LogP contribution in [0.5, 0.6) is 0 Å². The quantitative estimate of drug-likeness (QED) is 0.341. The summed E-state index contributed by atoms with van der Waals surface area (Å²) in [5.41, 5.74) is 9.24. The number of piperidine rings is 1. The monoisotopic (exact) mass is 567 g/mol. The second kappa shape index (κ2) is 11.7. The summed E-state index contributed by atoms with van der Waals surface area (Å²) < 4.78 is 0. The summed E-state index contributed by atoms with van der Waals surface area (Å²) in [5.74, 6) is 0.706. The maximum atomic E-state index is 12.6. The minimum absolute atomic E-state index is 0. The molecular formula is C24H31ClIN5O. The fourth-order valence-corrected chi connectivity index (χ4v) is 4.28. The van der Waals surface area contributed by atoms with Gasteiger partial charge in [0.2, 0.25) is 0 Å². The number of guanidine groups is 1. The van der Waals surface area contributed by atoms with E-state index in [9.17, 15) is 4.79 Å². The summed E-state index contributed by atoms with van der Waals surface area (Å²) >= 11 is 5.98. The number of rotatable bonds is 4. The molecule has 2 saturated heterocycles. The molecule has 0 atom stereocenters. The molecule has 2 aliphatic heterocycles. The molecule has 2 heterocycles. The number of carbonyl (C=O) groups excluding carboxylic acids is 1. The normalized spacial score (nSPS) is 17.2. The lowest BCUT2D eigenvalue weighted by Crippen LogP contribution is -2.51. The summed E-state index contributed by atoms with van der Waals surface area (Å²) in [6.45, 7) is 5.71. The van der Waals surface area contributed by atoms with Crippen molar-refractivity contribution in [3.05, 3.63) is 64.7 Å². The molecular weight excluding hydrogens is 537 g/mol. The van der Waals surface area contributed by atoms with Gasteiger partial charge < -0.3 is 20.4 Å². The Kier molecular flexibility index (Phi) is 9.04. The predicted octanol–water partition coefficient (Wildman–Crippen LogP) is 4.22. The molecule has 2 N–H and O–H groups in total. The van der Waals surface area contributed by atoms with Crippen LogP contribution in [-0.4, -0.2) is 60.9 Å². The average Bonchev–Trinajstić information content (AvgIpc) is 2.83. The van der Waals surface area contributed by atoms with Gasteiger partial charge in [-0.15, -0.1) is 24.0 Å². The fraction of sp³-hybridized carbons (Fsp3) is 0.417. The third-order valence-electron chi connectivity index (χ3n) is 6.06. The number of carbonyl (C=O) groups is 1. The first kappa shape index (κ1) is 24.6. The van der Waals surface area contributed by atoms with Crippen molar-refractivity contribution in [1.29, 1.82) is 0 Å². The van der Waals surface area contributed by atoms with E-state index < -0.39 is 0 Å². The van der Waals surface area contributed by atoms with E-state index in [4.69, 9.17) is 17.3 Å². The molecule has 0 saturated carbocycles. The maximum Gasteiger partial charge on any atom is 0.253 e. The molecule has 2 aliphatic rings. The minimum Gasteiger partial charge on any atom is -0.370 e. The largest absolute Gasteiger partial charge is 0.370 e. The summed E-state index contributed by atoms with van der Waals surface area (Å²) in [5, 5.41) is 0.752. The Bertz CT molecular complexity index is 905. The number of hydrogen-bond acceptors (Lipinski definition) is 3. The number of halogens is 2. The number of nitrogens with two attached hydrogens (primary N) is 1. The van der Waals surface area contributed by atoms with E-state index in [1.54, 1.807) is 0 Å². The van der Waals surface area contributed by atoms with Crippen LogP contribution in [0.1, 0.15) is 35.2 Å². The number of aliphatic imine (C=N–C) groups is 1. The minimum atomic E-state index is 0. The van der Waals surface area contributed by atoms with Crippen LogP contribution in [0, 0.1) is 0 Å². The molecule has 8 heteroatoms. The average molecular weight is 568 g/mol. The number of anilines is 1. The van der Waals surface area contributed by atoms with Crippen LogP contribution in [0.15, 0.2) is 53.5 Å². The van der Waals surface area contributed by atoms with Crippen LogP contribution < -0.4 is 10.6 Å². The zero-order valence-corrected chi connectivity index (χ0v) is 21.3. The number of piperazine rings is 1. The second-order valence-corrected chi connectivity index (χ2v) is 8.61.